The molecule has 9 nitrogen and oxygen atoms in total. The molecule has 5 rings (SSSR count). The molecule has 2 heterocycles. The van der Waals surface area contributed by atoms with Gasteiger partial charge in [-0.15, -0.1) is 0 Å². The number of aliphatic hydroxyl groups is 3. The van der Waals surface area contributed by atoms with Crippen molar-refractivity contribution in [3.63, 3.8) is 0 Å². The fourth-order valence-corrected chi connectivity index (χ4v) is 5.85. The van der Waals surface area contributed by atoms with Crippen LogP contribution in [0.3, 0.4) is 0 Å². The van der Waals surface area contributed by atoms with Gasteiger partial charge in [-0.25, -0.2) is 0 Å². The molecule has 2 aliphatic heterocycles. The predicted molar refractivity (Wildman–Crippen MR) is 128 cm³/mol. The Morgan fingerprint density at radius 2 is 1.61 bits per heavy atom. The first-order valence-electron chi connectivity index (χ1n) is 12.0. The third-order valence-electron chi connectivity index (χ3n) is 7.45. The molecule has 0 radical (unpaired) electrons. The smallest absolute Gasteiger partial charge is 0.296 e. The summed E-state index contributed by atoms with van der Waals surface area (Å²) >= 11 is 0. The number of amides is 1. The Morgan fingerprint density at radius 1 is 0.917 bits per heavy atom. The van der Waals surface area contributed by atoms with Gasteiger partial charge in [0.25, 0.3) is 17.5 Å². The summed E-state index contributed by atoms with van der Waals surface area (Å²) < 4.78 is 16.8. The molecule has 3 aliphatic rings. The Morgan fingerprint density at radius 3 is 2.28 bits per heavy atom. The van der Waals surface area contributed by atoms with E-state index < -0.39 is 28.8 Å². The number of carbonyl (C=O) groups is 2. The average molecular weight is 496 g/mol. The molecular formula is C27H29NO8. The van der Waals surface area contributed by atoms with Crippen molar-refractivity contribution in [2.45, 2.75) is 49.7 Å². The van der Waals surface area contributed by atoms with Gasteiger partial charge in [-0.05, 0) is 24.6 Å². The molecule has 0 saturated carbocycles. The molecule has 3 N–H and O–H groups in total. The number of nitrogens with zero attached hydrogens (tertiary/aromatic N) is 1. The number of likely N-dealkylation sites (tertiary alicyclic amines) is 1. The Kier molecular flexibility index (Phi) is 5.62. The topological polar surface area (TPSA) is 126 Å². The standard InChI is InChI=1S/C27H29NO8/c1-4-5-6-9-14-28-24(30)22(29)21-23(16-12-13-19(34-2)20(15-16)35-3)36-27(33)18-11-8-7-10-17(18)26(31,32)25(21,27)28/h7-8,10-13,15,31-33H,4-6,9,14H2,1-3H3/t25-,27+/m1/s1. The fourth-order valence-electron chi connectivity index (χ4n) is 5.85. The lowest BCUT2D eigenvalue weighted by molar-refractivity contribution is -0.312. The summed E-state index contributed by atoms with van der Waals surface area (Å²) in [6.45, 7) is 2.08. The van der Waals surface area contributed by atoms with Crippen LogP contribution < -0.4 is 9.47 Å². The van der Waals surface area contributed by atoms with E-state index in [0.29, 0.717) is 23.5 Å². The maximum atomic E-state index is 13.5. The van der Waals surface area contributed by atoms with Crippen molar-refractivity contribution in [1.82, 2.24) is 4.90 Å². The number of Topliss-reactive ketones (excluding diaryl/α,β-unsaturated/α-hetero) is 1. The van der Waals surface area contributed by atoms with Crippen molar-refractivity contribution >= 4 is 17.4 Å². The summed E-state index contributed by atoms with van der Waals surface area (Å²) in [4.78, 5) is 28.0. The van der Waals surface area contributed by atoms with Gasteiger partial charge in [-0.1, -0.05) is 50.5 Å². The zero-order chi connectivity index (χ0) is 25.9. The molecule has 1 fully saturated rings. The molecule has 1 spiro atoms. The zero-order valence-corrected chi connectivity index (χ0v) is 20.4. The summed E-state index contributed by atoms with van der Waals surface area (Å²) in [6.07, 6.45) is 3.14. The minimum Gasteiger partial charge on any atom is -0.493 e. The van der Waals surface area contributed by atoms with E-state index >= 15 is 0 Å². The lowest BCUT2D eigenvalue weighted by Crippen LogP contribution is -2.66. The number of rotatable bonds is 8. The molecule has 1 saturated heterocycles. The van der Waals surface area contributed by atoms with E-state index in [9.17, 15) is 24.9 Å². The summed E-state index contributed by atoms with van der Waals surface area (Å²) in [5.74, 6) is -6.45. The number of ketones is 1. The van der Waals surface area contributed by atoms with Crippen LogP contribution in [0.4, 0.5) is 0 Å². The van der Waals surface area contributed by atoms with Crippen molar-refractivity contribution < 1.29 is 39.1 Å². The van der Waals surface area contributed by atoms with Crippen molar-refractivity contribution in [1.29, 1.82) is 0 Å². The third-order valence-corrected chi connectivity index (χ3v) is 7.45. The van der Waals surface area contributed by atoms with Gasteiger partial charge < -0.3 is 34.4 Å². The number of carbonyl (C=O) groups excluding carboxylic acids is 2. The molecule has 190 valence electrons. The first-order valence-corrected chi connectivity index (χ1v) is 12.0. The fraction of sp³-hybridized carbons (Fsp3) is 0.407. The van der Waals surface area contributed by atoms with Gasteiger partial charge in [0.05, 0.1) is 19.8 Å². The summed E-state index contributed by atoms with van der Waals surface area (Å²) in [5, 5.41) is 35.5. The van der Waals surface area contributed by atoms with Crippen LogP contribution in [0.5, 0.6) is 11.5 Å². The van der Waals surface area contributed by atoms with Crippen LogP contribution in [0.2, 0.25) is 0 Å². The number of hydrogen-bond donors (Lipinski definition) is 3. The van der Waals surface area contributed by atoms with E-state index in [-0.39, 0.29) is 29.0 Å². The monoisotopic (exact) mass is 495 g/mol. The summed E-state index contributed by atoms with van der Waals surface area (Å²) in [7, 11) is 2.93. The molecule has 0 unspecified atom stereocenters. The lowest BCUT2D eigenvalue weighted by Gasteiger charge is -2.45. The van der Waals surface area contributed by atoms with Crippen LogP contribution >= 0.6 is 0 Å². The Balaban J connectivity index is 1.77. The maximum Gasteiger partial charge on any atom is 0.296 e. The van der Waals surface area contributed by atoms with Crippen LogP contribution in [0, 0.1) is 0 Å². The number of unbranched alkanes of at least 4 members (excludes halogenated alkanes) is 3. The van der Waals surface area contributed by atoms with Crippen LogP contribution in [-0.4, -0.2) is 58.2 Å². The summed E-state index contributed by atoms with van der Waals surface area (Å²) in [5.41, 5.74) is -2.22. The molecule has 0 aromatic heterocycles. The highest BCUT2D eigenvalue weighted by Crippen LogP contribution is 2.67. The Hall–Kier alpha value is -3.40. The lowest BCUT2D eigenvalue weighted by atomic mass is 9.78. The van der Waals surface area contributed by atoms with Gasteiger partial charge in [0.2, 0.25) is 11.3 Å². The van der Waals surface area contributed by atoms with Crippen molar-refractivity contribution in [2.75, 3.05) is 20.8 Å². The van der Waals surface area contributed by atoms with Gasteiger partial charge >= 0.3 is 0 Å². The van der Waals surface area contributed by atoms with E-state index in [1.54, 1.807) is 30.3 Å². The quantitative estimate of drug-likeness (QED) is 0.289. The first-order chi connectivity index (χ1) is 17.2. The van der Waals surface area contributed by atoms with E-state index in [4.69, 9.17) is 14.2 Å². The molecule has 2 aromatic rings. The van der Waals surface area contributed by atoms with E-state index in [2.05, 4.69) is 0 Å². The second kappa shape index (κ2) is 8.33. The van der Waals surface area contributed by atoms with E-state index in [0.717, 1.165) is 24.2 Å². The van der Waals surface area contributed by atoms with Crippen molar-refractivity contribution in [2.24, 2.45) is 0 Å². The number of benzene rings is 2. The molecule has 9 heteroatoms. The van der Waals surface area contributed by atoms with Crippen molar-refractivity contribution in [3.05, 3.63) is 64.7 Å². The number of ether oxygens (including phenoxy) is 3. The molecule has 1 aliphatic carbocycles. The van der Waals surface area contributed by atoms with E-state index in [1.807, 2.05) is 6.92 Å². The second-order valence-corrected chi connectivity index (χ2v) is 9.29. The van der Waals surface area contributed by atoms with E-state index in [1.165, 1.54) is 26.4 Å². The molecule has 1 amide bonds. The van der Waals surface area contributed by atoms with Crippen molar-refractivity contribution in [3.8, 4) is 11.5 Å². The molecule has 36 heavy (non-hydrogen) atoms. The largest absolute Gasteiger partial charge is 0.493 e. The van der Waals surface area contributed by atoms with Gasteiger partial charge in [0.1, 0.15) is 5.76 Å². The average Bonchev–Trinajstić information content (AvgIpc) is 3.35. The Labute approximate surface area is 208 Å². The highest BCUT2D eigenvalue weighted by atomic mass is 16.6. The molecule has 2 atom stereocenters. The van der Waals surface area contributed by atoms with Gasteiger partial charge in [-0.2, -0.15) is 0 Å². The minimum absolute atomic E-state index is 0.0302. The molecule has 0 bridgehead atoms. The number of methoxy groups -OCH3 is 2. The van der Waals surface area contributed by atoms with Crippen LogP contribution in [0.1, 0.15) is 49.3 Å². The van der Waals surface area contributed by atoms with Crippen LogP contribution in [0.15, 0.2) is 48.0 Å². The molecular weight excluding hydrogens is 466 g/mol. The zero-order valence-electron chi connectivity index (χ0n) is 20.4. The number of hydrogen-bond acceptors (Lipinski definition) is 8. The highest BCUT2D eigenvalue weighted by Gasteiger charge is 2.85. The normalized spacial score (nSPS) is 25.6. The Bertz CT molecular complexity index is 1280. The molecule has 2 aromatic carbocycles. The SMILES string of the molecule is CCCCCCN1C(=O)C(=O)C2=C(c3ccc(OC)c(OC)c3)O[C@@]3(O)c4ccccc4C(O)(O)[C@@]213. The number of fused-ring (bicyclic) bond motifs is 2. The van der Waals surface area contributed by atoms with Crippen LogP contribution in [0.25, 0.3) is 5.76 Å². The minimum atomic E-state index is -2.81. The maximum absolute atomic E-state index is 13.5. The van der Waals surface area contributed by atoms with Gasteiger partial charge in [0, 0.05) is 23.2 Å². The first kappa shape index (κ1) is 24.3. The van der Waals surface area contributed by atoms with Crippen LogP contribution in [-0.2, 0) is 25.9 Å². The summed E-state index contributed by atoms with van der Waals surface area (Å²) in [6, 6.07) is 10.9. The van der Waals surface area contributed by atoms with Gasteiger partial charge in [-0.3, -0.25) is 9.59 Å². The second-order valence-electron chi connectivity index (χ2n) is 9.29. The third kappa shape index (κ3) is 2.81. The highest BCUT2D eigenvalue weighted by molar-refractivity contribution is 6.48. The predicted octanol–water partition coefficient (Wildman–Crippen LogP) is 2.17. The van der Waals surface area contributed by atoms with Gasteiger partial charge in [0.15, 0.2) is 11.5 Å².